The van der Waals surface area contributed by atoms with Crippen molar-refractivity contribution < 1.29 is 5.11 Å². The number of nitrogens with one attached hydrogen (secondary N) is 2. The number of rotatable bonds is 4. The number of hydrogen-bond acceptors (Lipinski definition) is 8. The average molecular weight is 278 g/mol. The van der Waals surface area contributed by atoms with Gasteiger partial charge in [-0.3, -0.25) is 15.4 Å². The standard InChI is InChI=1S/C11H18N8O/c12-16-11-14-9-8(7-13-17-9)10(15-11)19-3-1-18(2-4-19)5-6-20/h7,20H,1-6,12H2,(H2,13,14,15,16,17). The lowest BCUT2D eigenvalue weighted by Crippen LogP contribution is -2.47. The van der Waals surface area contributed by atoms with Crippen LogP contribution in [0, 0.1) is 0 Å². The lowest BCUT2D eigenvalue weighted by molar-refractivity contribution is 0.188. The SMILES string of the molecule is NNc1nc(N2CCN(CCO)CC2)c2cn[nH]c2n1. The zero-order chi connectivity index (χ0) is 13.9. The number of H-pyrrole nitrogens is 1. The maximum atomic E-state index is 8.97. The third-order valence-corrected chi connectivity index (χ3v) is 3.51. The summed E-state index contributed by atoms with van der Waals surface area (Å²) in [6.07, 6.45) is 1.73. The summed E-state index contributed by atoms with van der Waals surface area (Å²) in [5.41, 5.74) is 3.14. The molecule has 0 aliphatic carbocycles. The van der Waals surface area contributed by atoms with Crippen LogP contribution in [0.3, 0.4) is 0 Å². The van der Waals surface area contributed by atoms with Crippen molar-refractivity contribution >= 4 is 22.8 Å². The van der Waals surface area contributed by atoms with Crippen LogP contribution in [0.2, 0.25) is 0 Å². The second-order valence-electron chi connectivity index (χ2n) is 4.70. The van der Waals surface area contributed by atoms with Gasteiger partial charge >= 0.3 is 0 Å². The second kappa shape index (κ2) is 5.57. The average Bonchev–Trinajstić information content (AvgIpc) is 2.95. The molecule has 0 saturated carbocycles. The number of β-amino-alcohol motifs (C(OH)–C–C–N with tert-alkyl or cyclic N) is 1. The number of nitrogens with two attached hydrogens (primary N) is 1. The van der Waals surface area contributed by atoms with E-state index in [4.69, 9.17) is 10.9 Å². The van der Waals surface area contributed by atoms with Crippen LogP contribution in [0.1, 0.15) is 0 Å². The Hall–Kier alpha value is -1.97. The number of aliphatic hydroxyl groups excluding tert-OH is 1. The number of anilines is 2. The van der Waals surface area contributed by atoms with Gasteiger partial charge in [0.05, 0.1) is 18.2 Å². The molecular formula is C11H18N8O. The minimum absolute atomic E-state index is 0.195. The smallest absolute Gasteiger partial charge is 0.241 e. The van der Waals surface area contributed by atoms with Gasteiger partial charge < -0.3 is 10.0 Å². The molecule has 2 aromatic rings. The van der Waals surface area contributed by atoms with Crippen LogP contribution in [0.4, 0.5) is 11.8 Å². The molecule has 3 heterocycles. The first-order chi connectivity index (χ1) is 9.81. The van der Waals surface area contributed by atoms with Gasteiger partial charge in [0.1, 0.15) is 5.82 Å². The molecule has 20 heavy (non-hydrogen) atoms. The molecule has 9 nitrogen and oxygen atoms in total. The maximum absolute atomic E-state index is 8.97. The Kier molecular flexibility index (Phi) is 3.63. The summed E-state index contributed by atoms with van der Waals surface area (Å²) in [6, 6.07) is 0. The molecule has 0 amide bonds. The zero-order valence-corrected chi connectivity index (χ0v) is 11.1. The van der Waals surface area contributed by atoms with Crippen molar-refractivity contribution in [2.75, 3.05) is 49.7 Å². The van der Waals surface area contributed by atoms with Gasteiger partial charge in [-0.2, -0.15) is 15.1 Å². The number of aromatic amines is 1. The fourth-order valence-electron chi connectivity index (χ4n) is 2.45. The van der Waals surface area contributed by atoms with Gasteiger partial charge in [-0.1, -0.05) is 0 Å². The molecule has 0 unspecified atom stereocenters. The predicted octanol–water partition coefficient (Wildman–Crippen LogP) is -1.25. The highest BCUT2D eigenvalue weighted by atomic mass is 16.3. The minimum atomic E-state index is 0.195. The number of hydrazine groups is 1. The number of fused-ring (bicyclic) bond motifs is 1. The normalized spacial score (nSPS) is 16.8. The van der Waals surface area contributed by atoms with Gasteiger partial charge in [0.15, 0.2) is 5.65 Å². The Morgan fingerprint density at radius 3 is 2.80 bits per heavy atom. The Bertz CT molecular complexity index is 577. The molecule has 1 fully saturated rings. The summed E-state index contributed by atoms with van der Waals surface area (Å²) >= 11 is 0. The van der Waals surface area contributed by atoms with Crippen LogP contribution >= 0.6 is 0 Å². The third kappa shape index (κ3) is 2.38. The highest BCUT2D eigenvalue weighted by molar-refractivity contribution is 5.87. The highest BCUT2D eigenvalue weighted by Crippen LogP contribution is 2.24. The molecule has 0 spiro atoms. The van der Waals surface area contributed by atoms with Crippen LogP contribution < -0.4 is 16.2 Å². The largest absolute Gasteiger partial charge is 0.395 e. The Morgan fingerprint density at radius 1 is 1.30 bits per heavy atom. The van der Waals surface area contributed by atoms with E-state index in [1.165, 1.54) is 0 Å². The van der Waals surface area contributed by atoms with Gasteiger partial charge in [0.2, 0.25) is 5.95 Å². The molecule has 1 aliphatic rings. The second-order valence-corrected chi connectivity index (χ2v) is 4.70. The quantitative estimate of drug-likeness (QED) is 0.405. The number of hydrogen-bond donors (Lipinski definition) is 4. The lowest BCUT2D eigenvalue weighted by atomic mass is 10.3. The summed E-state index contributed by atoms with van der Waals surface area (Å²) in [4.78, 5) is 13.1. The van der Waals surface area contributed by atoms with E-state index in [-0.39, 0.29) is 6.61 Å². The Balaban J connectivity index is 1.85. The highest BCUT2D eigenvalue weighted by Gasteiger charge is 2.21. The molecule has 5 N–H and O–H groups in total. The molecular weight excluding hydrogens is 260 g/mol. The van der Waals surface area contributed by atoms with E-state index in [1.54, 1.807) is 6.20 Å². The van der Waals surface area contributed by atoms with E-state index in [9.17, 15) is 0 Å². The molecule has 108 valence electrons. The molecule has 0 atom stereocenters. The minimum Gasteiger partial charge on any atom is -0.395 e. The number of nitrogen functional groups attached to an aromatic ring is 1. The molecule has 1 aliphatic heterocycles. The van der Waals surface area contributed by atoms with Crippen LogP contribution in [0.15, 0.2) is 6.20 Å². The van der Waals surface area contributed by atoms with Crippen LogP contribution in [-0.2, 0) is 0 Å². The van der Waals surface area contributed by atoms with Crippen LogP contribution in [0.25, 0.3) is 11.0 Å². The van der Waals surface area contributed by atoms with Crippen molar-refractivity contribution in [2.24, 2.45) is 5.84 Å². The molecule has 9 heteroatoms. The van der Waals surface area contributed by atoms with E-state index < -0.39 is 0 Å². The van der Waals surface area contributed by atoms with Gasteiger partial charge in [0.25, 0.3) is 0 Å². The number of piperazine rings is 1. The molecule has 0 bridgehead atoms. The topological polar surface area (TPSA) is 119 Å². The van der Waals surface area contributed by atoms with E-state index >= 15 is 0 Å². The summed E-state index contributed by atoms with van der Waals surface area (Å²) in [5, 5.41) is 16.7. The van der Waals surface area contributed by atoms with E-state index in [0.29, 0.717) is 18.1 Å². The third-order valence-electron chi connectivity index (χ3n) is 3.51. The lowest BCUT2D eigenvalue weighted by Gasteiger charge is -2.35. The van der Waals surface area contributed by atoms with E-state index in [1.807, 2.05) is 0 Å². The maximum Gasteiger partial charge on any atom is 0.241 e. The van der Waals surface area contributed by atoms with Gasteiger partial charge in [-0.15, -0.1) is 0 Å². The molecule has 0 aromatic carbocycles. The molecule has 1 saturated heterocycles. The summed E-state index contributed by atoms with van der Waals surface area (Å²) < 4.78 is 0. The fourth-order valence-corrected chi connectivity index (χ4v) is 2.45. The summed E-state index contributed by atoms with van der Waals surface area (Å²) in [5.74, 6) is 6.61. The Labute approximate surface area is 115 Å². The first kappa shape index (κ1) is 13.0. The van der Waals surface area contributed by atoms with Crippen molar-refractivity contribution in [1.29, 1.82) is 0 Å². The fraction of sp³-hybridized carbons (Fsp3) is 0.545. The molecule has 0 radical (unpaired) electrons. The number of aromatic nitrogens is 4. The van der Waals surface area contributed by atoms with Crippen molar-refractivity contribution in [3.05, 3.63) is 6.20 Å². The first-order valence-electron chi connectivity index (χ1n) is 6.57. The van der Waals surface area contributed by atoms with Crippen molar-refractivity contribution in [3.63, 3.8) is 0 Å². The zero-order valence-electron chi connectivity index (χ0n) is 11.1. The van der Waals surface area contributed by atoms with Crippen LogP contribution in [0.5, 0.6) is 0 Å². The van der Waals surface area contributed by atoms with Gasteiger partial charge in [0, 0.05) is 32.7 Å². The molecule has 2 aromatic heterocycles. The summed E-state index contributed by atoms with van der Waals surface area (Å²) in [7, 11) is 0. The monoisotopic (exact) mass is 278 g/mol. The van der Waals surface area contributed by atoms with Crippen molar-refractivity contribution in [1.82, 2.24) is 25.1 Å². The predicted molar refractivity (Wildman–Crippen MR) is 75.2 cm³/mol. The van der Waals surface area contributed by atoms with Crippen molar-refractivity contribution in [3.8, 4) is 0 Å². The van der Waals surface area contributed by atoms with Crippen molar-refractivity contribution in [2.45, 2.75) is 0 Å². The van der Waals surface area contributed by atoms with E-state index in [0.717, 1.165) is 37.4 Å². The number of nitrogens with zero attached hydrogens (tertiary/aromatic N) is 5. The number of aliphatic hydroxyl groups is 1. The molecule has 3 rings (SSSR count). The van der Waals surface area contributed by atoms with Gasteiger partial charge in [-0.25, -0.2) is 5.84 Å². The summed E-state index contributed by atoms with van der Waals surface area (Å²) in [6.45, 7) is 4.41. The first-order valence-corrected chi connectivity index (χ1v) is 6.57. The Morgan fingerprint density at radius 2 is 2.10 bits per heavy atom. The van der Waals surface area contributed by atoms with Gasteiger partial charge in [-0.05, 0) is 0 Å². The van der Waals surface area contributed by atoms with E-state index in [2.05, 4.69) is 35.4 Å². The van der Waals surface area contributed by atoms with Crippen LogP contribution in [-0.4, -0.2) is 69.5 Å².